The van der Waals surface area contributed by atoms with Crippen LogP contribution >= 0.6 is 0 Å². The van der Waals surface area contributed by atoms with Gasteiger partial charge in [0.25, 0.3) is 0 Å². The van der Waals surface area contributed by atoms with E-state index in [-0.39, 0.29) is 23.9 Å². The fraction of sp³-hybridized carbons (Fsp3) is 0.435. The molecule has 3 N–H and O–H groups in total. The second kappa shape index (κ2) is 11.9. The molecule has 30 heavy (non-hydrogen) atoms. The van der Waals surface area contributed by atoms with Crippen LogP contribution in [0.15, 0.2) is 48.6 Å². The Labute approximate surface area is 176 Å². The standard InChI is InChI=1S/C23H29NO6/c25-20(16-17-9-11-18(12-10-17)23(29)30)14-13-19-6-5-7-21(26)24(19)15-4-2-1-3-8-22(27)28/h2,4,9-14,19-20,25H,1,3,5-8,15-16H2,(H,27,28)(H,29,30)/b4-2-,14-13+/t19-,20?/m1/s1. The first-order chi connectivity index (χ1) is 14.4. The van der Waals surface area contributed by atoms with Crippen molar-refractivity contribution in [2.75, 3.05) is 6.54 Å². The van der Waals surface area contributed by atoms with Crippen LogP contribution < -0.4 is 0 Å². The molecule has 1 saturated heterocycles. The highest BCUT2D eigenvalue weighted by Crippen LogP contribution is 2.20. The minimum Gasteiger partial charge on any atom is -0.481 e. The number of carboxylic acid groups (broad SMARTS) is 2. The number of aromatic carboxylic acids is 1. The van der Waals surface area contributed by atoms with Crippen molar-refractivity contribution in [2.45, 2.75) is 57.1 Å². The molecule has 2 rings (SSSR count). The fourth-order valence-corrected chi connectivity index (χ4v) is 3.41. The average molecular weight is 415 g/mol. The van der Waals surface area contributed by atoms with E-state index in [0.717, 1.165) is 18.4 Å². The number of carbonyl (C=O) groups is 3. The third-order valence-corrected chi connectivity index (χ3v) is 5.04. The van der Waals surface area contributed by atoms with Gasteiger partial charge in [0.15, 0.2) is 0 Å². The van der Waals surface area contributed by atoms with Gasteiger partial charge in [0.2, 0.25) is 5.91 Å². The minimum absolute atomic E-state index is 0.0739. The maximum atomic E-state index is 12.3. The predicted molar refractivity (Wildman–Crippen MR) is 112 cm³/mol. The number of piperidine rings is 1. The molecule has 2 atom stereocenters. The zero-order chi connectivity index (χ0) is 21.9. The summed E-state index contributed by atoms with van der Waals surface area (Å²) in [5.41, 5.74) is 1.04. The van der Waals surface area contributed by atoms with Crippen LogP contribution in [0.2, 0.25) is 0 Å². The van der Waals surface area contributed by atoms with Crippen LogP contribution in [-0.4, -0.2) is 56.8 Å². The summed E-state index contributed by atoms with van der Waals surface area (Å²) in [5, 5.41) is 27.9. The highest BCUT2D eigenvalue weighted by molar-refractivity contribution is 5.87. The number of aliphatic hydroxyl groups is 1. The lowest BCUT2D eigenvalue weighted by Gasteiger charge is -2.33. The number of aliphatic carboxylic acids is 1. The van der Waals surface area contributed by atoms with Gasteiger partial charge in [-0.15, -0.1) is 0 Å². The number of rotatable bonds is 11. The van der Waals surface area contributed by atoms with E-state index in [1.165, 1.54) is 12.1 Å². The molecule has 0 aromatic heterocycles. The largest absolute Gasteiger partial charge is 0.481 e. The second-order valence-electron chi connectivity index (χ2n) is 7.42. The first-order valence-electron chi connectivity index (χ1n) is 10.2. The Kier molecular flexibility index (Phi) is 9.28. The number of hydrogen-bond acceptors (Lipinski definition) is 4. The van der Waals surface area contributed by atoms with Crippen molar-refractivity contribution in [1.29, 1.82) is 0 Å². The molecule has 0 bridgehead atoms. The molecular weight excluding hydrogens is 386 g/mol. The molecule has 1 unspecified atom stereocenters. The molecule has 1 aromatic carbocycles. The van der Waals surface area contributed by atoms with E-state index < -0.39 is 18.0 Å². The summed E-state index contributed by atoms with van der Waals surface area (Å²) in [5.74, 6) is -1.72. The summed E-state index contributed by atoms with van der Waals surface area (Å²) < 4.78 is 0. The zero-order valence-corrected chi connectivity index (χ0v) is 16.9. The van der Waals surface area contributed by atoms with Crippen LogP contribution in [0.1, 0.15) is 54.4 Å². The number of allylic oxidation sites excluding steroid dienone is 1. The number of unbranched alkanes of at least 4 members (excludes halogenated alkanes) is 1. The third-order valence-electron chi connectivity index (χ3n) is 5.04. The molecule has 1 aliphatic rings. The Morgan fingerprint density at radius 3 is 2.57 bits per heavy atom. The molecule has 7 nitrogen and oxygen atoms in total. The number of carboxylic acids is 2. The van der Waals surface area contributed by atoms with Crippen molar-refractivity contribution in [3.63, 3.8) is 0 Å². The monoisotopic (exact) mass is 415 g/mol. The number of benzene rings is 1. The van der Waals surface area contributed by atoms with E-state index in [4.69, 9.17) is 10.2 Å². The summed E-state index contributed by atoms with van der Waals surface area (Å²) in [6.07, 6.45) is 10.5. The van der Waals surface area contributed by atoms with Crippen LogP contribution in [0.25, 0.3) is 0 Å². The fourth-order valence-electron chi connectivity index (χ4n) is 3.41. The van der Waals surface area contributed by atoms with Crippen molar-refractivity contribution in [3.8, 4) is 0 Å². The summed E-state index contributed by atoms with van der Waals surface area (Å²) in [6, 6.07) is 6.31. The molecule has 1 amide bonds. The van der Waals surface area contributed by atoms with Gasteiger partial charge in [-0.05, 0) is 43.4 Å². The van der Waals surface area contributed by atoms with Crippen molar-refractivity contribution in [1.82, 2.24) is 4.90 Å². The highest BCUT2D eigenvalue weighted by atomic mass is 16.4. The number of amides is 1. The van der Waals surface area contributed by atoms with Crippen molar-refractivity contribution >= 4 is 17.8 Å². The first kappa shape index (κ1) is 23.3. The molecule has 0 spiro atoms. The van der Waals surface area contributed by atoms with Crippen LogP contribution in [0.4, 0.5) is 0 Å². The second-order valence-corrected chi connectivity index (χ2v) is 7.42. The van der Waals surface area contributed by atoms with Crippen molar-refractivity contribution in [2.24, 2.45) is 0 Å². The van der Waals surface area contributed by atoms with Gasteiger partial charge >= 0.3 is 11.9 Å². The molecule has 1 heterocycles. The molecule has 0 saturated carbocycles. The third kappa shape index (κ3) is 7.83. The quantitative estimate of drug-likeness (QED) is 0.378. The van der Waals surface area contributed by atoms with Gasteiger partial charge in [0, 0.05) is 25.8 Å². The van der Waals surface area contributed by atoms with E-state index in [1.54, 1.807) is 23.1 Å². The van der Waals surface area contributed by atoms with E-state index in [0.29, 0.717) is 32.2 Å². The Balaban J connectivity index is 1.88. The molecular formula is C23H29NO6. The number of carbonyl (C=O) groups excluding carboxylic acids is 1. The number of aliphatic hydroxyl groups excluding tert-OH is 1. The molecule has 162 valence electrons. The summed E-state index contributed by atoms with van der Waals surface area (Å²) in [6.45, 7) is 0.466. The molecule has 0 aliphatic carbocycles. The van der Waals surface area contributed by atoms with Crippen LogP contribution in [0.3, 0.4) is 0 Å². The topological polar surface area (TPSA) is 115 Å². The lowest BCUT2D eigenvalue weighted by molar-refractivity contribution is -0.137. The Hall–Kier alpha value is -2.93. The maximum absolute atomic E-state index is 12.3. The van der Waals surface area contributed by atoms with Crippen molar-refractivity contribution in [3.05, 3.63) is 59.7 Å². The lowest BCUT2D eigenvalue weighted by Crippen LogP contribution is -2.42. The SMILES string of the molecule is O=C(O)CCC/C=C\CN1C(=O)CCC[C@@H]1/C=C/C(O)Cc1ccc(C(=O)O)cc1. The normalized spacial score (nSPS) is 18.2. The number of nitrogens with zero attached hydrogens (tertiary/aromatic N) is 1. The lowest BCUT2D eigenvalue weighted by atomic mass is 9.99. The average Bonchev–Trinajstić information content (AvgIpc) is 2.70. The van der Waals surface area contributed by atoms with Gasteiger partial charge in [-0.3, -0.25) is 9.59 Å². The van der Waals surface area contributed by atoms with Gasteiger partial charge in [0.1, 0.15) is 0 Å². The predicted octanol–water partition coefficient (Wildman–Crippen LogP) is 3.04. The van der Waals surface area contributed by atoms with Gasteiger partial charge in [-0.1, -0.05) is 36.4 Å². The Bertz CT molecular complexity index is 783. The number of likely N-dealkylation sites (tertiary alicyclic amines) is 1. The van der Waals surface area contributed by atoms with E-state index >= 15 is 0 Å². The maximum Gasteiger partial charge on any atom is 0.335 e. The van der Waals surface area contributed by atoms with Gasteiger partial charge in [-0.2, -0.15) is 0 Å². The molecule has 1 aromatic rings. The zero-order valence-electron chi connectivity index (χ0n) is 16.9. The van der Waals surface area contributed by atoms with Crippen LogP contribution in [-0.2, 0) is 16.0 Å². The molecule has 7 heteroatoms. The van der Waals surface area contributed by atoms with Crippen molar-refractivity contribution < 1.29 is 29.7 Å². The summed E-state index contributed by atoms with van der Waals surface area (Å²) in [7, 11) is 0. The summed E-state index contributed by atoms with van der Waals surface area (Å²) >= 11 is 0. The van der Waals surface area contributed by atoms with E-state index in [9.17, 15) is 19.5 Å². The Morgan fingerprint density at radius 1 is 1.17 bits per heavy atom. The number of hydrogen-bond donors (Lipinski definition) is 3. The Morgan fingerprint density at radius 2 is 1.90 bits per heavy atom. The van der Waals surface area contributed by atoms with Gasteiger partial charge in [0.05, 0.1) is 17.7 Å². The van der Waals surface area contributed by atoms with E-state index in [1.807, 2.05) is 18.2 Å². The molecule has 1 fully saturated rings. The minimum atomic E-state index is -0.986. The first-order valence-corrected chi connectivity index (χ1v) is 10.2. The van der Waals surface area contributed by atoms with E-state index in [2.05, 4.69) is 0 Å². The summed E-state index contributed by atoms with van der Waals surface area (Å²) in [4.78, 5) is 35.5. The molecule has 0 radical (unpaired) electrons. The highest BCUT2D eigenvalue weighted by Gasteiger charge is 2.25. The molecule has 1 aliphatic heterocycles. The smallest absolute Gasteiger partial charge is 0.335 e. The van der Waals surface area contributed by atoms with Crippen LogP contribution in [0.5, 0.6) is 0 Å². The van der Waals surface area contributed by atoms with Crippen LogP contribution in [0, 0.1) is 0 Å². The van der Waals surface area contributed by atoms with Gasteiger partial charge < -0.3 is 20.2 Å². The van der Waals surface area contributed by atoms with Gasteiger partial charge in [-0.25, -0.2) is 4.79 Å².